The largest absolute Gasteiger partial charge is 0.497 e. The summed E-state index contributed by atoms with van der Waals surface area (Å²) in [5, 5.41) is 8.94. The number of nitriles is 1. The van der Waals surface area contributed by atoms with E-state index in [0.29, 0.717) is 0 Å². The Morgan fingerprint density at radius 1 is 1.54 bits per heavy atom. The molecule has 0 spiro atoms. The van der Waals surface area contributed by atoms with Gasteiger partial charge in [-0.3, -0.25) is 0 Å². The van der Waals surface area contributed by atoms with Gasteiger partial charge in [0.2, 0.25) is 0 Å². The first kappa shape index (κ1) is 8.12. The lowest BCUT2D eigenvalue weighted by Crippen LogP contribution is -2.33. The topological polar surface area (TPSA) is 33.0 Å². The minimum atomic E-state index is -0.262. The molecule has 0 saturated heterocycles. The highest BCUT2D eigenvalue weighted by Crippen LogP contribution is 2.41. The molecule has 0 bridgehead atoms. The molecule has 1 aliphatic carbocycles. The van der Waals surface area contributed by atoms with Crippen LogP contribution in [0.15, 0.2) is 18.2 Å². The molecule has 2 nitrogen and oxygen atoms in total. The Kier molecular flexibility index (Phi) is 1.56. The molecule has 0 amide bonds. The Morgan fingerprint density at radius 2 is 2.31 bits per heavy atom. The summed E-state index contributed by atoms with van der Waals surface area (Å²) >= 11 is 0. The van der Waals surface area contributed by atoms with Crippen LogP contribution in [0.3, 0.4) is 0 Å². The van der Waals surface area contributed by atoms with Crippen molar-refractivity contribution in [3.63, 3.8) is 0 Å². The van der Waals surface area contributed by atoms with Gasteiger partial charge in [0, 0.05) is 0 Å². The van der Waals surface area contributed by atoms with Gasteiger partial charge in [0.05, 0.1) is 18.6 Å². The summed E-state index contributed by atoms with van der Waals surface area (Å²) < 4.78 is 5.10. The molecule has 66 valence electrons. The van der Waals surface area contributed by atoms with Gasteiger partial charge >= 0.3 is 0 Å². The van der Waals surface area contributed by atoms with Crippen LogP contribution in [-0.4, -0.2) is 7.11 Å². The Hall–Kier alpha value is -1.49. The summed E-state index contributed by atoms with van der Waals surface area (Å²) in [7, 11) is 1.66. The third-order valence-electron chi connectivity index (χ3n) is 2.70. The number of benzene rings is 1. The van der Waals surface area contributed by atoms with Crippen molar-refractivity contribution in [1.29, 1.82) is 5.26 Å². The first-order valence-electron chi connectivity index (χ1n) is 4.28. The summed E-state index contributed by atoms with van der Waals surface area (Å²) in [6.07, 6.45) is 0.843. The van der Waals surface area contributed by atoms with Gasteiger partial charge in [-0.1, -0.05) is 6.07 Å². The van der Waals surface area contributed by atoms with Gasteiger partial charge in [-0.25, -0.2) is 0 Å². The number of methoxy groups -OCH3 is 1. The molecule has 1 aromatic carbocycles. The third kappa shape index (κ3) is 1.01. The second kappa shape index (κ2) is 2.50. The Balaban J connectivity index is 2.43. The van der Waals surface area contributed by atoms with Gasteiger partial charge in [-0.2, -0.15) is 5.26 Å². The number of rotatable bonds is 1. The number of ether oxygens (including phenoxy) is 1. The Morgan fingerprint density at radius 3 is 2.85 bits per heavy atom. The average Bonchev–Trinajstić information content (AvgIpc) is 2.15. The molecular weight excluding hydrogens is 162 g/mol. The van der Waals surface area contributed by atoms with Crippen LogP contribution < -0.4 is 4.74 Å². The SMILES string of the molecule is COc1ccc2c(c1)CC2(C)C#N. The summed E-state index contributed by atoms with van der Waals surface area (Å²) in [4.78, 5) is 0. The first-order chi connectivity index (χ1) is 6.19. The fraction of sp³-hybridized carbons (Fsp3) is 0.364. The molecule has 0 fully saturated rings. The van der Waals surface area contributed by atoms with Gasteiger partial charge in [-0.15, -0.1) is 0 Å². The van der Waals surface area contributed by atoms with E-state index in [1.165, 1.54) is 5.56 Å². The van der Waals surface area contributed by atoms with E-state index in [9.17, 15) is 0 Å². The zero-order chi connectivity index (χ0) is 9.47. The van der Waals surface area contributed by atoms with Crippen molar-refractivity contribution in [3.8, 4) is 11.8 Å². The summed E-state index contributed by atoms with van der Waals surface area (Å²) in [6, 6.07) is 8.24. The quantitative estimate of drug-likeness (QED) is 0.651. The second-order valence-corrected chi connectivity index (χ2v) is 3.64. The first-order valence-corrected chi connectivity index (χ1v) is 4.28. The fourth-order valence-corrected chi connectivity index (χ4v) is 1.85. The van der Waals surface area contributed by atoms with E-state index in [1.807, 2.05) is 25.1 Å². The molecule has 0 heterocycles. The highest BCUT2D eigenvalue weighted by Gasteiger charge is 2.38. The van der Waals surface area contributed by atoms with E-state index >= 15 is 0 Å². The maximum Gasteiger partial charge on any atom is 0.119 e. The monoisotopic (exact) mass is 173 g/mol. The van der Waals surface area contributed by atoms with Gasteiger partial charge in [0.1, 0.15) is 5.75 Å². The number of nitrogens with zero attached hydrogens (tertiary/aromatic N) is 1. The molecule has 0 N–H and O–H groups in total. The average molecular weight is 173 g/mol. The van der Waals surface area contributed by atoms with Crippen LogP contribution in [0, 0.1) is 11.3 Å². The van der Waals surface area contributed by atoms with Crippen LogP contribution in [0.1, 0.15) is 18.1 Å². The van der Waals surface area contributed by atoms with Crippen molar-refractivity contribution in [2.24, 2.45) is 0 Å². The van der Waals surface area contributed by atoms with Crippen LogP contribution in [0.2, 0.25) is 0 Å². The van der Waals surface area contributed by atoms with Crippen molar-refractivity contribution in [2.45, 2.75) is 18.8 Å². The molecular formula is C11H11NO. The molecule has 0 aromatic heterocycles. The van der Waals surface area contributed by atoms with Crippen molar-refractivity contribution < 1.29 is 4.74 Å². The molecule has 0 aliphatic heterocycles. The second-order valence-electron chi connectivity index (χ2n) is 3.64. The van der Waals surface area contributed by atoms with E-state index in [2.05, 4.69) is 6.07 Å². The molecule has 2 heteroatoms. The minimum absolute atomic E-state index is 0.262. The normalized spacial score (nSPS) is 24.1. The molecule has 1 atom stereocenters. The highest BCUT2D eigenvalue weighted by molar-refractivity contribution is 5.52. The maximum atomic E-state index is 8.94. The lowest BCUT2D eigenvalue weighted by molar-refractivity contribution is 0.410. The lowest BCUT2D eigenvalue weighted by Gasteiger charge is -2.35. The maximum absolute atomic E-state index is 8.94. The van der Waals surface area contributed by atoms with Crippen LogP contribution in [-0.2, 0) is 11.8 Å². The highest BCUT2D eigenvalue weighted by atomic mass is 16.5. The van der Waals surface area contributed by atoms with Crippen LogP contribution in [0.5, 0.6) is 5.75 Å². The Labute approximate surface area is 77.8 Å². The number of hydrogen-bond donors (Lipinski definition) is 0. The standard InChI is InChI=1S/C11H11NO/c1-11(7-12)6-8-5-9(13-2)3-4-10(8)11/h3-5H,6H2,1-2H3. The van der Waals surface area contributed by atoms with Gasteiger partial charge < -0.3 is 4.74 Å². The molecule has 0 saturated carbocycles. The van der Waals surface area contributed by atoms with E-state index in [0.717, 1.165) is 17.7 Å². The predicted octanol–water partition coefficient (Wildman–Crippen LogP) is 2.03. The van der Waals surface area contributed by atoms with E-state index in [1.54, 1.807) is 7.11 Å². The van der Waals surface area contributed by atoms with Gasteiger partial charge in [-0.05, 0) is 36.6 Å². The summed E-state index contributed by atoms with van der Waals surface area (Å²) in [5.74, 6) is 0.874. The van der Waals surface area contributed by atoms with Crippen molar-refractivity contribution in [1.82, 2.24) is 0 Å². The molecule has 13 heavy (non-hydrogen) atoms. The molecule has 0 radical (unpaired) electrons. The van der Waals surface area contributed by atoms with Crippen molar-refractivity contribution in [2.75, 3.05) is 7.11 Å². The molecule has 2 rings (SSSR count). The Bertz CT molecular complexity index is 392. The fourth-order valence-electron chi connectivity index (χ4n) is 1.85. The molecule has 1 aliphatic rings. The zero-order valence-electron chi connectivity index (χ0n) is 7.79. The minimum Gasteiger partial charge on any atom is -0.497 e. The lowest BCUT2D eigenvalue weighted by atomic mass is 9.66. The summed E-state index contributed by atoms with van der Waals surface area (Å²) in [6.45, 7) is 1.97. The van der Waals surface area contributed by atoms with E-state index < -0.39 is 0 Å². The predicted molar refractivity (Wildman–Crippen MR) is 49.7 cm³/mol. The van der Waals surface area contributed by atoms with E-state index in [4.69, 9.17) is 10.00 Å². The van der Waals surface area contributed by atoms with Crippen LogP contribution in [0.25, 0.3) is 0 Å². The van der Waals surface area contributed by atoms with Crippen molar-refractivity contribution >= 4 is 0 Å². The van der Waals surface area contributed by atoms with E-state index in [-0.39, 0.29) is 5.41 Å². The van der Waals surface area contributed by atoms with Crippen molar-refractivity contribution in [3.05, 3.63) is 29.3 Å². The van der Waals surface area contributed by atoms with Crippen LogP contribution >= 0.6 is 0 Å². The van der Waals surface area contributed by atoms with Crippen LogP contribution in [0.4, 0.5) is 0 Å². The van der Waals surface area contributed by atoms with Gasteiger partial charge in [0.15, 0.2) is 0 Å². The van der Waals surface area contributed by atoms with Gasteiger partial charge in [0.25, 0.3) is 0 Å². The third-order valence-corrected chi connectivity index (χ3v) is 2.70. The number of hydrogen-bond acceptors (Lipinski definition) is 2. The molecule has 1 unspecified atom stereocenters. The smallest absolute Gasteiger partial charge is 0.119 e. The number of fused-ring (bicyclic) bond motifs is 1. The zero-order valence-corrected chi connectivity index (χ0v) is 7.79. The molecule has 1 aromatic rings. The summed E-state index contributed by atoms with van der Waals surface area (Å²) in [5.41, 5.74) is 2.13.